The molecule has 1 aliphatic carbocycles. The Kier molecular flexibility index (Phi) is 6.52. The van der Waals surface area contributed by atoms with Gasteiger partial charge in [-0.15, -0.1) is 11.3 Å². The van der Waals surface area contributed by atoms with Gasteiger partial charge in [-0.1, -0.05) is 30.8 Å². The molecule has 35 heavy (non-hydrogen) atoms. The highest BCUT2D eigenvalue weighted by molar-refractivity contribution is 7.99. The van der Waals surface area contributed by atoms with E-state index in [4.69, 9.17) is 4.98 Å². The van der Waals surface area contributed by atoms with E-state index in [0.29, 0.717) is 22.6 Å². The molecule has 1 aromatic carbocycles. The van der Waals surface area contributed by atoms with Crippen LogP contribution in [0.4, 0.5) is 4.39 Å². The Morgan fingerprint density at radius 3 is 2.80 bits per heavy atom. The van der Waals surface area contributed by atoms with Crippen LogP contribution in [-0.4, -0.2) is 59.1 Å². The molecule has 2 aliphatic rings. The van der Waals surface area contributed by atoms with Crippen molar-refractivity contribution in [1.82, 2.24) is 14.5 Å². The topological polar surface area (TPSA) is 89.3 Å². The molecular formula is C24H26FN3O4S3. The number of hydrogen-bond donors (Lipinski definition) is 0. The molecule has 5 rings (SSSR count). The first-order chi connectivity index (χ1) is 16.6. The molecule has 2 atom stereocenters. The monoisotopic (exact) mass is 535 g/mol. The summed E-state index contributed by atoms with van der Waals surface area (Å²) in [5.74, 6) is -0.272. The number of hydrogen-bond acceptors (Lipinski definition) is 7. The summed E-state index contributed by atoms with van der Waals surface area (Å²) >= 11 is 2.58. The van der Waals surface area contributed by atoms with E-state index >= 15 is 0 Å². The molecule has 1 saturated heterocycles. The predicted molar refractivity (Wildman–Crippen MR) is 137 cm³/mol. The summed E-state index contributed by atoms with van der Waals surface area (Å²) in [6.45, 7) is 2.19. The van der Waals surface area contributed by atoms with Crippen LogP contribution in [0.15, 0.2) is 34.2 Å². The molecule has 11 heteroatoms. The standard InChI is InChI=1S/C24H26FN3O4S3/c1-14-7-8-16-19(11-14)34-22-21(16)23(30)28(18-6-4-3-5-17(18)25)24(26-22)33-12-20(29)27(2)15-9-10-35(31,32)13-15/h3-6,14-15H,7-13H2,1-2H3/t14-,15+/m0/s1. The van der Waals surface area contributed by atoms with Gasteiger partial charge in [-0.3, -0.25) is 14.2 Å². The van der Waals surface area contributed by atoms with Crippen LogP contribution in [0.2, 0.25) is 0 Å². The van der Waals surface area contributed by atoms with Gasteiger partial charge < -0.3 is 4.90 Å². The van der Waals surface area contributed by atoms with E-state index in [2.05, 4.69) is 6.92 Å². The van der Waals surface area contributed by atoms with E-state index in [1.54, 1.807) is 19.2 Å². The van der Waals surface area contributed by atoms with Crippen LogP contribution in [0.25, 0.3) is 15.9 Å². The van der Waals surface area contributed by atoms with Crippen LogP contribution in [0.3, 0.4) is 0 Å². The molecule has 0 spiro atoms. The van der Waals surface area contributed by atoms with Crippen LogP contribution in [-0.2, 0) is 27.5 Å². The maximum atomic E-state index is 14.8. The first-order valence-electron chi connectivity index (χ1n) is 11.6. The van der Waals surface area contributed by atoms with Crippen molar-refractivity contribution in [3.05, 3.63) is 50.9 Å². The number of aryl methyl sites for hydroxylation is 1. The molecule has 1 aliphatic heterocycles. The first kappa shape index (κ1) is 24.5. The lowest BCUT2D eigenvalue weighted by Crippen LogP contribution is -2.39. The third-order valence-corrected chi connectivity index (χ3v) is 10.7. The third-order valence-electron chi connectivity index (χ3n) is 6.87. The molecule has 0 radical (unpaired) electrons. The van der Waals surface area contributed by atoms with Crippen molar-refractivity contribution in [1.29, 1.82) is 0 Å². The average molecular weight is 536 g/mol. The molecule has 0 unspecified atom stereocenters. The summed E-state index contributed by atoms with van der Waals surface area (Å²) in [4.78, 5) is 34.6. The predicted octanol–water partition coefficient (Wildman–Crippen LogP) is 3.45. The number of carbonyl (C=O) groups is 1. The second-order valence-corrected chi connectivity index (χ2v) is 13.6. The number of rotatable bonds is 5. The zero-order chi connectivity index (χ0) is 24.9. The van der Waals surface area contributed by atoms with E-state index < -0.39 is 15.7 Å². The molecule has 7 nitrogen and oxygen atoms in total. The van der Waals surface area contributed by atoms with Crippen LogP contribution in [0, 0.1) is 11.7 Å². The van der Waals surface area contributed by atoms with Crippen molar-refractivity contribution >= 4 is 49.1 Å². The van der Waals surface area contributed by atoms with Crippen LogP contribution in [0.5, 0.6) is 0 Å². The number of aromatic nitrogens is 2. The normalized spacial score (nSPS) is 21.2. The second-order valence-electron chi connectivity index (χ2n) is 9.37. The third kappa shape index (κ3) is 4.65. The van der Waals surface area contributed by atoms with Gasteiger partial charge >= 0.3 is 0 Å². The van der Waals surface area contributed by atoms with Gasteiger partial charge in [0.25, 0.3) is 5.56 Å². The molecule has 186 valence electrons. The van der Waals surface area contributed by atoms with Crippen LogP contribution in [0.1, 0.15) is 30.2 Å². The Labute approximate surface area is 211 Å². The Bertz CT molecular complexity index is 1480. The lowest BCUT2D eigenvalue weighted by molar-refractivity contribution is -0.128. The highest BCUT2D eigenvalue weighted by Crippen LogP contribution is 2.37. The lowest BCUT2D eigenvalue weighted by Gasteiger charge is -2.23. The Morgan fingerprint density at radius 2 is 2.09 bits per heavy atom. The fourth-order valence-electron chi connectivity index (χ4n) is 4.83. The average Bonchev–Trinajstić information content (AvgIpc) is 3.36. The van der Waals surface area contributed by atoms with E-state index in [0.717, 1.165) is 41.5 Å². The highest BCUT2D eigenvalue weighted by atomic mass is 32.2. The van der Waals surface area contributed by atoms with E-state index in [9.17, 15) is 22.4 Å². The molecule has 3 aromatic rings. The lowest BCUT2D eigenvalue weighted by atomic mass is 9.89. The van der Waals surface area contributed by atoms with Gasteiger partial charge in [-0.05, 0) is 49.3 Å². The van der Waals surface area contributed by atoms with Gasteiger partial charge in [0, 0.05) is 18.0 Å². The Morgan fingerprint density at radius 1 is 1.31 bits per heavy atom. The number of sulfone groups is 1. The Balaban J connectivity index is 1.53. The van der Waals surface area contributed by atoms with Gasteiger partial charge in [-0.2, -0.15) is 0 Å². The number of benzene rings is 1. The summed E-state index contributed by atoms with van der Waals surface area (Å²) in [5, 5.41) is 0.796. The van der Waals surface area contributed by atoms with Crippen molar-refractivity contribution in [2.45, 2.75) is 43.8 Å². The molecule has 2 aromatic heterocycles. The minimum absolute atomic E-state index is 0.0385. The van der Waals surface area contributed by atoms with Crippen molar-refractivity contribution in [3.63, 3.8) is 0 Å². The van der Waals surface area contributed by atoms with Crippen molar-refractivity contribution < 1.29 is 17.6 Å². The first-order valence-corrected chi connectivity index (χ1v) is 15.2. The molecule has 3 heterocycles. The second kappa shape index (κ2) is 9.33. The van der Waals surface area contributed by atoms with E-state index in [-0.39, 0.29) is 45.6 Å². The number of carbonyl (C=O) groups excluding carboxylic acids is 1. The molecule has 0 bridgehead atoms. The largest absolute Gasteiger partial charge is 0.341 e. The number of para-hydroxylation sites is 1. The van der Waals surface area contributed by atoms with E-state index in [1.807, 2.05) is 0 Å². The minimum atomic E-state index is -3.12. The van der Waals surface area contributed by atoms with Crippen LogP contribution >= 0.6 is 23.1 Å². The van der Waals surface area contributed by atoms with Gasteiger partial charge in [-0.25, -0.2) is 17.8 Å². The quantitative estimate of drug-likeness (QED) is 0.367. The fourth-order valence-corrected chi connectivity index (χ4v) is 8.95. The molecule has 0 N–H and O–H groups in total. The molecular weight excluding hydrogens is 509 g/mol. The fraction of sp³-hybridized carbons (Fsp3) is 0.458. The Hall–Kier alpha value is -2.24. The summed E-state index contributed by atoms with van der Waals surface area (Å²) in [7, 11) is -1.52. The highest BCUT2D eigenvalue weighted by Gasteiger charge is 2.33. The summed E-state index contributed by atoms with van der Waals surface area (Å²) in [6.07, 6.45) is 3.10. The van der Waals surface area contributed by atoms with Crippen molar-refractivity contribution in [2.75, 3.05) is 24.3 Å². The van der Waals surface area contributed by atoms with Gasteiger partial charge in [0.05, 0.1) is 28.3 Å². The summed E-state index contributed by atoms with van der Waals surface area (Å²) in [6, 6.07) is 5.69. The number of fused-ring (bicyclic) bond motifs is 3. The van der Waals surface area contributed by atoms with Gasteiger partial charge in [0.15, 0.2) is 15.0 Å². The zero-order valence-corrected chi connectivity index (χ0v) is 21.9. The SMILES string of the molecule is C[C@H]1CCc2c(sc3nc(SCC(=O)N(C)[C@@H]4CCS(=O)(=O)C4)n(-c4ccccc4F)c(=O)c23)C1. The maximum Gasteiger partial charge on any atom is 0.267 e. The summed E-state index contributed by atoms with van der Waals surface area (Å²) in [5.41, 5.74) is 0.791. The van der Waals surface area contributed by atoms with Crippen LogP contribution < -0.4 is 5.56 Å². The number of halogens is 1. The van der Waals surface area contributed by atoms with Crippen molar-refractivity contribution in [3.8, 4) is 5.69 Å². The molecule has 1 amide bonds. The zero-order valence-electron chi connectivity index (χ0n) is 19.5. The number of nitrogens with zero attached hydrogens (tertiary/aromatic N) is 3. The molecule has 1 fully saturated rings. The number of amides is 1. The van der Waals surface area contributed by atoms with Gasteiger partial charge in [0.1, 0.15) is 10.6 Å². The molecule has 0 saturated carbocycles. The smallest absolute Gasteiger partial charge is 0.267 e. The van der Waals surface area contributed by atoms with Gasteiger partial charge in [0.2, 0.25) is 5.91 Å². The number of thioether (sulfide) groups is 1. The minimum Gasteiger partial charge on any atom is -0.341 e. The summed E-state index contributed by atoms with van der Waals surface area (Å²) < 4.78 is 39.7. The van der Waals surface area contributed by atoms with E-state index in [1.165, 1.54) is 32.9 Å². The number of thiophene rings is 1. The maximum absolute atomic E-state index is 14.8. The van der Waals surface area contributed by atoms with Crippen molar-refractivity contribution in [2.24, 2.45) is 5.92 Å².